The lowest BCUT2D eigenvalue weighted by atomic mass is 9.98. The van der Waals surface area contributed by atoms with Crippen molar-refractivity contribution < 1.29 is 9.18 Å². The van der Waals surface area contributed by atoms with Crippen LogP contribution in [-0.4, -0.2) is 12.5 Å². The Morgan fingerprint density at radius 1 is 1.41 bits per heavy atom. The van der Waals surface area contributed by atoms with Crippen molar-refractivity contribution in [3.63, 3.8) is 0 Å². The first-order chi connectivity index (χ1) is 8.18. The van der Waals surface area contributed by atoms with Gasteiger partial charge in [0, 0.05) is 6.54 Å². The number of benzene rings is 1. The topological polar surface area (TPSA) is 29.1 Å². The molecule has 0 spiro atoms. The van der Waals surface area contributed by atoms with Crippen LogP contribution in [0.2, 0.25) is 0 Å². The van der Waals surface area contributed by atoms with E-state index in [1.165, 1.54) is 31.4 Å². The second kappa shape index (κ2) is 5.30. The molecule has 0 saturated heterocycles. The van der Waals surface area contributed by atoms with Gasteiger partial charge in [0.05, 0.1) is 5.56 Å². The number of hydrogen-bond donors (Lipinski definition) is 1. The Bertz CT molecular complexity index is 405. The average Bonchev–Trinajstić information content (AvgIpc) is 2.72. The molecule has 2 nitrogen and oxygen atoms in total. The van der Waals surface area contributed by atoms with Crippen molar-refractivity contribution >= 4 is 5.91 Å². The minimum atomic E-state index is -0.454. The zero-order valence-corrected chi connectivity index (χ0v) is 10.1. The Morgan fingerprint density at radius 2 is 2.18 bits per heavy atom. The van der Waals surface area contributed by atoms with E-state index in [-0.39, 0.29) is 11.5 Å². The third-order valence-corrected chi connectivity index (χ3v) is 3.68. The van der Waals surface area contributed by atoms with Gasteiger partial charge in [-0.1, -0.05) is 31.9 Å². The Labute approximate surface area is 101 Å². The van der Waals surface area contributed by atoms with E-state index in [4.69, 9.17) is 0 Å². The summed E-state index contributed by atoms with van der Waals surface area (Å²) in [6, 6.07) is 6.09. The monoisotopic (exact) mass is 235 g/mol. The summed E-state index contributed by atoms with van der Waals surface area (Å²) >= 11 is 0. The van der Waals surface area contributed by atoms with E-state index in [0.717, 1.165) is 0 Å². The van der Waals surface area contributed by atoms with Crippen molar-refractivity contribution in [1.82, 2.24) is 5.32 Å². The Morgan fingerprint density at radius 3 is 2.82 bits per heavy atom. The van der Waals surface area contributed by atoms with Crippen LogP contribution in [0.1, 0.15) is 36.5 Å². The van der Waals surface area contributed by atoms with Crippen LogP contribution >= 0.6 is 0 Å². The van der Waals surface area contributed by atoms with Gasteiger partial charge in [-0.15, -0.1) is 0 Å². The molecule has 92 valence electrons. The maximum atomic E-state index is 13.4. The van der Waals surface area contributed by atoms with Gasteiger partial charge in [-0.3, -0.25) is 4.79 Å². The fraction of sp³-hybridized carbons (Fsp3) is 0.500. The molecule has 0 aliphatic heterocycles. The number of halogens is 1. The summed E-state index contributed by atoms with van der Waals surface area (Å²) in [5, 5.41) is 2.83. The van der Waals surface area contributed by atoms with Gasteiger partial charge < -0.3 is 5.32 Å². The highest BCUT2D eigenvalue weighted by atomic mass is 19.1. The highest BCUT2D eigenvalue weighted by molar-refractivity contribution is 5.94. The van der Waals surface area contributed by atoms with Crippen molar-refractivity contribution in [3.05, 3.63) is 35.6 Å². The van der Waals surface area contributed by atoms with Gasteiger partial charge in [-0.2, -0.15) is 0 Å². The van der Waals surface area contributed by atoms with Gasteiger partial charge >= 0.3 is 0 Å². The first-order valence-electron chi connectivity index (χ1n) is 6.21. The molecule has 1 saturated carbocycles. The van der Waals surface area contributed by atoms with E-state index in [1.54, 1.807) is 12.1 Å². The smallest absolute Gasteiger partial charge is 0.254 e. The second-order valence-corrected chi connectivity index (χ2v) is 4.86. The molecule has 2 atom stereocenters. The molecular weight excluding hydrogens is 217 g/mol. The van der Waals surface area contributed by atoms with Gasteiger partial charge in [0.1, 0.15) is 5.82 Å². The first kappa shape index (κ1) is 12.1. The normalized spacial score (nSPS) is 23.6. The van der Waals surface area contributed by atoms with Gasteiger partial charge in [-0.25, -0.2) is 4.39 Å². The molecule has 1 aliphatic carbocycles. The van der Waals surface area contributed by atoms with Crippen LogP contribution in [0.15, 0.2) is 24.3 Å². The minimum Gasteiger partial charge on any atom is -0.352 e. The summed E-state index contributed by atoms with van der Waals surface area (Å²) in [6.45, 7) is 2.88. The molecule has 0 heterocycles. The highest BCUT2D eigenvalue weighted by Gasteiger charge is 2.23. The van der Waals surface area contributed by atoms with Crippen LogP contribution in [0.5, 0.6) is 0 Å². The van der Waals surface area contributed by atoms with Crippen molar-refractivity contribution in [1.29, 1.82) is 0 Å². The SMILES string of the molecule is CC1CCCC1CNC(=O)c1ccccc1F. The zero-order valence-electron chi connectivity index (χ0n) is 10.1. The van der Waals surface area contributed by atoms with Crippen LogP contribution in [0.3, 0.4) is 0 Å². The molecule has 1 amide bonds. The molecule has 2 unspecified atom stereocenters. The van der Waals surface area contributed by atoms with E-state index >= 15 is 0 Å². The largest absolute Gasteiger partial charge is 0.352 e. The van der Waals surface area contributed by atoms with Crippen LogP contribution in [0, 0.1) is 17.7 Å². The maximum Gasteiger partial charge on any atom is 0.254 e. The number of carbonyl (C=O) groups excluding carboxylic acids is 1. The molecule has 1 N–H and O–H groups in total. The van der Waals surface area contributed by atoms with E-state index in [9.17, 15) is 9.18 Å². The molecule has 0 aromatic heterocycles. The van der Waals surface area contributed by atoms with Crippen molar-refractivity contribution in [2.24, 2.45) is 11.8 Å². The molecule has 1 fully saturated rings. The third kappa shape index (κ3) is 2.84. The third-order valence-electron chi connectivity index (χ3n) is 3.68. The summed E-state index contributed by atoms with van der Waals surface area (Å²) in [5.41, 5.74) is 0.137. The molecule has 1 aromatic carbocycles. The lowest BCUT2D eigenvalue weighted by Gasteiger charge is -2.15. The fourth-order valence-electron chi connectivity index (χ4n) is 2.49. The molecule has 3 heteroatoms. The lowest BCUT2D eigenvalue weighted by molar-refractivity contribution is 0.0940. The van der Waals surface area contributed by atoms with Crippen LogP contribution in [0.25, 0.3) is 0 Å². The number of rotatable bonds is 3. The van der Waals surface area contributed by atoms with E-state index in [2.05, 4.69) is 12.2 Å². The minimum absolute atomic E-state index is 0.137. The predicted molar refractivity (Wildman–Crippen MR) is 65.2 cm³/mol. The molecule has 17 heavy (non-hydrogen) atoms. The van der Waals surface area contributed by atoms with Gasteiger partial charge in [0.15, 0.2) is 0 Å². The van der Waals surface area contributed by atoms with Crippen molar-refractivity contribution in [3.8, 4) is 0 Å². The summed E-state index contributed by atoms with van der Waals surface area (Å²) in [7, 11) is 0. The van der Waals surface area contributed by atoms with E-state index in [0.29, 0.717) is 18.4 Å². The predicted octanol–water partition coefficient (Wildman–Crippen LogP) is 2.99. The quantitative estimate of drug-likeness (QED) is 0.857. The molecular formula is C14H18FNO. The Kier molecular flexibility index (Phi) is 3.77. The van der Waals surface area contributed by atoms with Gasteiger partial charge in [-0.05, 0) is 30.4 Å². The highest BCUT2D eigenvalue weighted by Crippen LogP contribution is 2.30. The molecule has 2 rings (SSSR count). The van der Waals surface area contributed by atoms with E-state index < -0.39 is 5.82 Å². The summed E-state index contributed by atoms with van der Waals surface area (Å²) in [5.74, 6) is 0.452. The van der Waals surface area contributed by atoms with Gasteiger partial charge in [0.2, 0.25) is 0 Å². The average molecular weight is 235 g/mol. The maximum absolute atomic E-state index is 13.4. The van der Waals surface area contributed by atoms with Crippen molar-refractivity contribution in [2.75, 3.05) is 6.54 Å². The standard InChI is InChI=1S/C14H18FNO/c1-10-5-4-6-11(10)9-16-14(17)12-7-2-3-8-13(12)15/h2-3,7-8,10-11H,4-6,9H2,1H3,(H,16,17). The zero-order chi connectivity index (χ0) is 12.3. The van der Waals surface area contributed by atoms with E-state index in [1.807, 2.05) is 0 Å². The number of hydrogen-bond acceptors (Lipinski definition) is 1. The van der Waals surface area contributed by atoms with Crippen LogP contribution in [0.4, 0.5) is 4.39 Å². The summed E-state index contributed by atoms with van der Waals surface area (Å²) in [6.07, 6.45) is 3.64. The molecule has 0 bridgehead atoms. The molecule has 0 radical (unpaired) electrons. The summed E-state index contributed by atoms with van der Waals surface area (Å²) < 4.78 is 13.4. The van der Waals surface area contributed by atoms with Crippen LogP contribution < -0.4 is 5.32 Å². The van der Waals surface area contributed by atoms with Crippen LogP contribution in [-0.2, 0) is 0 Å². The fourth-order valence-corrected chi connectivity index (χ4v) is 2.49. The second-order valence-electron chi connectivity index (χ2n) is 4.86. The number of carbonyl (C=O) groups is 1. The number of nitrogens with one attached hydrogen (secondary N) is 1. The summed E-state index contributed by atoms with van der Waals surface area (Å²) in [4.78, 5) is 11.8. The van der Waals surface area contributed by atoms with Crippen molar-refractivity contribution in [2.45, 2.75) is 26.2 Å². The Hall–Kier alpha value is -1.38. The Balaban J connectivity index is 1.91. The number of amides is 1. The van der Waals surface area contributed by atoms with Gasteiger partial charge in [0.25, 0.3) is 5.91 Å². The first-order valence-corrected chi connectivity index (χ1v) is 6.21. The molecule has 1 aliphatic rings. The lowest BCUT2D eigenvalue weighted by Crippen LogP contribution is -2.30. The molecule has 1 aromatic rings.